The van der Waals surface area contributed by atoms with Gasteiger partial charge in [-0.1, -0.05) is 157 Å². The molecule has 0 aromatic carbocycles. The molecule has 0 bridgehead atoms. The SMILES string of the molecule is CCCCCCCCCCCOC(=O)CCCCCN(CCCCCCC(CCC(C)CC)C(=O)OC(COCCCCCC)COCCCCCC)CCCNC. The summed E-state index contributed by atoms with van der Waals surface area (Å²) in [5.41, 5.74) is 0. The normalized spacial score (nSPS) is 12.8. The Morgan fingerprint density at radius 1 is 0.534 bits per heavy atom. The zero-order valence-corrected chi connectivity index (χ0v) is 39.7. The third-order valence-corrected chi connectivity index (χ3v) is 11.8. The van der Waals surface area contributed by atoms with Crippen molar-refractivity contribution in [3.63, 3.8) is 0 Å². The van der Waals surface area contributed by atoms with Crippen molar-refractivity contribution in [2.45, 2.75) is 233 Å². The van der Waals surface area contributed by atoms with E-state index in [1.165, 1.54) is 103 Å². The van der Waals surface area contributed by atoms with E-state index < -0.39 is 0 Å². The Hall–Kier alpha value is -1.22. The number of nitrogens with one attached hydrogen (secondary N) is 1. The second-order valence-electron chi connectivity index (χ2n) is 17.5. The van der Waals surface area contributed by atoms with Gasteiger partial charge in [-0.05, 0) is 103 Å². The number of carbonyl (C=O) groups excluding carboxylic acids is 2. The summed E-state index contributed by atoms with van der Waals surface area (Å²) in [5, 5.41) is 3.30. The summed E-state index contributed by atoms with van der Waals surface area (Å²) in [7, 11) is 2.03. The lowest BCUT2D eigenvalue weighted by Gasteiger charge is -2.23. The fourth-order valence-electron chi connectivity index (χ4n) is 7.48. The van der Waals surface area contributed by atoms with Crippen LogP contribution in [0.3, 0.4) is 0 Å². The maximum atomic E-state index is 13.7. The van der Waals surface area contributed by atoms with Crippen molar-refractivity contribution in [3.05, 3.63) is 0 Å². The Morgan fingerprint density at radius 3 is 1.59 bits per heavy atom. The van der Waals surface area contributed by atoms with Gasteiger partial charge in [-0.3, -0.25) is 9.59 Å². The highest BCUT2D eigenvalue weighted by molar-refractivity contribution is 5.72. The van der Waals surface area contributed by atoms with Crippen LogP contribution in [0.2, 0.25) is 0 Å². The average molecular weight is 825 g/mol. The lowest BCUT2D eigenvalue weighted by molar-refractivity contribution is -0.162. The molecule has 8 nitrogen and oxygen atoms in total. The summed E-state index contributed by atoms with van der Waals surface area (Å²) in [6.45, 7) is 18.4. The molecule has 0 radical (unpaired) electrons. The zero-order chi connectivity index (χ0) is 42.6. The molecule has 8 heteroatoms. The van der Waals surface area contributed by atoms with Gasteiger partial charge < -0.3 is 29.2 Å². The fourth-order valence-corrected chi connectivity index (χ4v) is 7.48. The van der Waals surface area contributed by atoms with Crippen LogP contribution in [0.4, 0.5) is 0 Å². The van der Waals surface area contributed by atoms with E-state index >= 15 is 0 Å². The van der Waals surface area contributed by atoms with Gasteiger partial charge in [0.2, 0.25) is 0 Å². The number of hydrogen-bond acceptors (Lipinski definition) is 8. The van der Waals surface area contributed by atoms with Crippen molar-refractivity contribution >= 4 is 11.9 Å². The Morgan fingerprint density at radius 2 is 1.02 bits per heavy atom. The third-order valence-electron chi connectivity index (χ3n) is 11.8. The van der Waals surface area contributed by atoms with Crippen molar-refractivity contribution in [3.8, 4) is 0 Å². The minimum absolute atomic E-state index is 0.0231. The Labute approximate surface area is 361 Å². The lowest BCUT2D eigenvalue weighted by atomic mass is 9.91. The number of esters is 2. The first-order chi connectivity index (χ1) is 28.4. The Balaban J connectivity index is 4.67. The minimum Gasteiger partial charge on any atom is -0.466 e. The smallest absolute Gasteiger partial charge is 0.309 e. The topological polar surface area (TPSA) is 86.3 Å². The molecule has 0 spiro atoms. The summed E-state index contributed by atoms with van der Waals surface area (Å²) >= 11 is 0. The predicted molar refractivity (Wildman–Crippen MR) is 247 cm³/mol. The first-order valence-electron chi connectivity index (χ1n) is 25.3. The van der Waals surface area contributed by atoms with E-state index in [2.05, 4.69) is 44.8 Å². The van der Waals surface area contributed by atoms with Crippen LogP contribution >= 0.6 is 0 Å². The van der Waals surface area contributed by atoms with Crippen LogP contribution in [-0.4, -0.2) is 89.2 Å². The highest BCUT2D eigenvalue weighted by Gasteiger charge is 2.24. The summed E-state index contributed by atoms with van der Waals surface area (Å²) in [6.07, 6.45) is 33.9. The molecule has 0 saturated heterocycles. The highest BCUT2D eigenvalue weighted by atomic mass is 16.6. The van der Waals surface area contributed by atoms with Gasteiger partial charge in [0, 0.05) is 19.6 Å². The quantitative estimate of drug-likeness (QED) is 0.0480. The van der Waals surface area contributed by atoms with Crippen LogP contribution < -0.4 is 5.32 Å². The Bertz CT molecular complexity index is 844. The van der Waals surface area contributed by atoms with Gasteiger partial charge in [0.15, 0.2) is 0 Å². The summed E-state index contributed by atoms with van der Waals surface area (Å²) in [6, 6.07) is 0. The number of ether oxygens (including phenoxy) is 4. The molecule has 0 heterocycles. The van der Waals surface area contributed by atoms with Crippen molar-refractivity contribution in [1.29, 1.82) is 0 Å². The first-order valence-corrected chi connectivity index (χ1v) is 25.3. The van der Waals surface area contributed by atoms with Crippen LogP contribution in [0, 0.1) is 11.8 Å². The molecule has 346 valence electrons. The second kappa shape index (κ2) is 45.3. The van der Waals surface area contributed by atoms with Crippen LogP contribution in [0.5, 0.6) is 0 Å². The Kier molecular flexibility index (Phi) is 44.4. The van der Waals surface area contributed by atoms with Gasteiger partial charge in [-0.25, -0.2) is 0 Å². The summed E-state index contributed by atoms with van der Waals surface area (Å²) in [4.78, 5) is 28.5. The van der Waals surface area contributed by atoms with Gasteiger partial charge in [0.25, 0.3) is 0 Å². The van der Waals surface area contributed by atoms with Crippen LogP contribution in [0.25, 0.3) is 0 Å². The molecule has 58 heavy (non-hydrogen) atoms. The van der Waals surface area contributed by atoms with E-state index in [9.17, 15) is 9.59 Å². The van der Waals surface area contributed by atoms with E-state index in [4.69, 9.17) is 18.9 Å². The predicted octanol–water partition coefficient (Wildman–Crippen LogP) is 13.0. The van der Waals surface area contributed by atoms with Gasteiger partial charge >= 0.3 is 11.9 Å². The molecule has 0 aromatic rings. The van der Waals surface area contributed by atoms with Crippen LogP contribution in [0.15, 0.2) is 0 Å². The molecule has 2 unspecified atom stereocenters. The molecule has 0 amide bonds. The average Bonchev–Trinajstić information content (AvgIpc) is 3.22. The van der Waals surface area contributed by atoms with E-state index in [1.54, 1.807) is 0 Å². The third kappa shape index (κ3) is 38.9. The number of nitrogens with zero attached hydrogens (tertiary/aromatic N) is 1. The molecule has 0 rings (SSSR count). The van der Waals surface area contributed by atoms with E-state index in [1.807, 2.05) is 7.05 Å². The number of carbonyl (C=O) groups is 2. The van der Waals surface area contributed by atoms with Crippen LogP contribution in [-0.2, 0) is 28.5 Å². The van der Waals surface area contributed by atoms with Crippen molar-refractivity contribution in [2.75, 3.05) is 66.3 Å². The van der Waals surface area contributed by atoms with Crippen molar-refractivity contribution < 1.29 is 28.5 Å². The first kappa shape index (κ1) is 56.8. The molecular formula is C50H100N2O6. The number of rotatable bonds is 47. The summed E-state index contributed by atoms with van der Waals surface area (Å²) < 4.78 is 23.7. The largest absolute Gasteiger partial charge is 0.466 e. The standard InChI is InChI=1S/C50H100N2O6/c1-7-11-14-17-18-19-20-23-31-43-57-49(53)34-26-24-28-39-52(40-32-37-51-6)38-27-22-21-25-33-47(36-35-46(5)10-4)50(54)58-48(44-55-41-29-15-12-8-2)45-56-42-30-16-13-9-3/h46-48,51H,7-45H2,1-6H3. The molecule has 0 aromatic heterocycles. The number of unbranched alkanes of at least 4 members (excludes halogenated alkanes) is 19. The molecular weight excluding hydrogens is 725 g/mol. The minimum atomic E-state index is -0.340. The maximum Gasteiger partial charge on any atom is 0.309 e. The molecule has 0 aliphatic rings. The monoisotopic (exact) mass is 825 g/mol. The fraction of sp³-hybridized carbons (Fsp3) is 0.960. The second-order valence-corrected chi connectivity index (χ2v) is 17.5. The molecule has 0 saturated carbocycles. The zero-order valence-electron chi connectivity index (χ0n) is 39.7. The highest BCUT2D eigenvalue weighted by Crippen LogP contribution is 2.23. The van der Waals surface area contributed by atoms with Gasteiger partial charge in [-0.15, -0.1) is 0 Å². The van der Waals surface area contributed by atoms with E-state index in [-0.39, 0.29) is 24.0 Å². The molecule has 0 fully saturated rings. The number of hydrogen-bond donors (Lipinski definition) is 1. The van der Waals surface area contributed by atoms with Gasteiger partial charge in [0.1, 0.15) is 6.10 Å². The van der Waals surface area contributed by atoms with Crippen molar-refractivity contribution in [1.82, 2.24) is 10.2 Å². The lowest BCUT2D eigenvalue weighted by Crippen LogP contribution is -2.32. The van der Waals surface area contributed by atoms with E-state index in [0.29, 0.717) is 45.4 Å². The molecule has 0 aliphatic heterocycles. The van der Waals surface area contributed by atoms with Gasteiger partial charge in [-0.2, -0.15) is 0 Å². The summed E-state index contributed by atoms with van der Waals surface area (Å²) in [5.74, 6) is 0.474. The molecule has 1 N–H and O–H groups in total. The van der Waals surface area contributed by atoms with Gasteiger partial charge in [0.05, 0.1) is 25.7 Å². The van der Waals surface area contributed by atoms with E-state index in [0.717, 1.165) is 110 Å². The van der Waals surface area contributed by atoms with Crippen LogP contribution in [0.1, 0.15) is 227 Å². The molecule has 2 atom stereocenters. The van der Waals surface area contributed by atoms with Crippen molar-refractivity contribution in [2.24, 2.45) is 11.8 Å². The maximum absolute atomic E-state index is 13.7. The molecule has 0 aliphatic carbocycles.